The smallest absolute Gasteiger partial charge is 0.278 e. The largest absolute Gasteiger partial charge is 0.456 e. The number of hydrogen-bond acceptors (Lipinski definition) is 3. The standard InChI is InChI=1S/C9H18N2OSi/c1-5-9(7-6-8-10)11-12-13(2,3)4/h5-7H2,1-4H3. The highest BCUT2D eigenvalue weighted by molar-refractivity contribution is 6.69. The van der Waals surface area contributed by atoms with Crippen molar-refractivity contribution in [1.82, 2.24) is 0 Å². The van der Waals surface area contributed by atoms with Crippen molar-refractivity contribution in [2.45, 2.75) is 45.8 Å². The van der Waals surface area contributed by atoms with E-state index in [1.807, 2.05) is 6.92 Å². The van der Waals surface area contributed by atoms with Crippen molar-refractivity contribution in [1.29, 1.82) is 5.26 Å². The van der Waals surface area contributed by atoms with Crippen LogP contribution in [0.4, 0.5) is 0 Å². The van der Waals surface area contributed by atoms with E-state index in [0.717, 1.165) is 18.6 Å². The first-order valence-corrected chi connectivity index (χ1v) is 8.01. The molecule has 0 amide bonds. The first kappa shape index (κ1) is 12.2. The van der Waals surface area contributed by atoms with Crippen LogP contribution in [-0.4, -0.2) is 14.0 Å². The Morgan fingerprint density at radius 3 is 2.46 bits per heavy atom. The predicted octanol–water partition coefficient (Wildman–Crippen LogP) is 2.91. The summed E-state index contributed by atoms with van der Waals surface area (Å²) in [5.74, 6) is 0. The maximum Gasteiger partial charge on any atom is 0.278 e. The third-order valence-corrected chi connectivity index (χ3v) is 2.02. The predicted molar refractivity (Wildman–Crippen MR) is 57.0 cm³/mol. The van der Waals surface area contributed by atoms with Gasteiger partial charge in [-0.05, 0) is 26.1 Å². The molecule has 4 heteroatoms. The number of nitriles is 1. The molecule has 0 aromatic rings. The van der Waals surface area contributed by atoms with Gasteiger partial charge in [-0.3, -0.25) is 0 Å². The van der Waals surface area contributed by atoms with Gasteiger partial charge in [0.1, 0.15) is 0 Å². The van der Waals surface area contributed by atoms with Crippen LogP contribution in [0.1, 0.15) is 26.2 Å². The first-order chi connectivity index (χ1) is 5.99. The SMILES string of the molecule is CCC(CCC#N)=NO[Si](C)(C)C. The molecule has 0 fully saturated rings. The van der Waals surface area contributed by atoms with Crippen LogP contribution < -0.4 is 0 Å². The number of nitrogens with zero attached hydrogens (tertiary/aromatic N) is 2. The summed E-state index contributed by atoms with van der Waals surface area (Å²) in [5, 5.41) is 12.5. The Labute approximate surface area is 81.5 Å². The Hall–Kier alpha value is -0.823. The molecule has 0 heterocycles. The Kier molecular flexibility index (Phi) is 5.39. The zero-order chi connectivity index (χ0) is 10.3. The Balaban J connectivity index is 4.01. The monoisotopic (exact) mass is 198 g/mol. The second-order valence-corrected chi connectivity index (χ2v) is 8.28. The van der Waals surface area contributed by atoms with Gasteiger partial charge in [-0.25, -0.2) is 0 Å². The van der Waals surface area contributed by atoms with Crippen molar-refractivity contribution in [3.63, 3.8) is 0 Å². The molecule has 0 aliphatic carbocycles. The van der Waals surface area contributed by atoms with Crippen molar-refractivity contribution in [2.75, 3.05) is 0 Å². The lowest BCUT2D eigenvalue weighted by atomic mass is 10.2. The number of rotatable bonds is 5. The molecule has 0 saturated carbocycles. The lowest BCUT2D eigenvalue weighted by molar-refractivity contribution is 0.332. The van der Waals surface area contributed by atoms with Crippen molar-refractivity contribution >= 4 is 14.0 Å². The molecular weight excluding hydrogens is 180 g/mol. The Morgan fingerprint density at radius 2 is 2.08 bits per heavy atom. The maximum absolute atomic E-state index is 8.40. The fourth-order valence-corrected chi connectivity index (χ4v) is 1.09. The van der Waals surface area contributed by atoms with Crippen molar-refractivity contribution in [3.05, 3.63) is 0 Å². The molecule has 0 saturated heterocycles. The summed E-state index contributed by atoms with van der Waals surface area (Å²) in [5.41, 5.74) is 0.990. The van der Waals surface area contributed by atoms with Crippen molar-refractivity contribution < 1.29 is 4.53 Å². The lowest BCUT2D eigenvalue weighted by Crippen LogP contribution is -2.23. The van der Waals surface area contributed by atoms with E-state index >= 15 is 0 Å². The van der Waals surface area contributed by atoms with E-state index < -0.39 is 8.32 Å². The second kappa shape index (κ2) is 5.76. The molecule has 0 atom stereocenters. The minimum Gasteiger partial charge on any atom is -0.456 e. The van der Waals surface area contributed by atoms with Crippen LogP contribution in [-0.2, 0) is 4.53 Å². The summed E-state index contributed by atoms with van der Waals surface area (Å²) < 4.78 is 5.40. The van der Waals surface area contributed by atoms with E-state index in [9.17, 15) is 0 Å². The van der Waals surface area contributed by atoms with Gasteiger partial charge in [-0.1, -0.05) is 6.92 Å². The third-order valence-electron chi connectivity index (χ3n) is 1.38. The van der Waals surface area contributed by atoms with Crippen LogP contribution in [0.2, 0.25) is 19.6 Å². The van der Waals surface area contributed by atoms with Crippen molar-refractivity contribution in [2.24, 2.45) is 5.16 Å². The number of hydrogen-bond donors (Lipinski definition) is 0. The highest BCUT2D eigenvalue weighted by atomic mass is 28.4. The normalized spacial score (nSPS) is 12.4. The van der Waals surface area contributed by atoms with E-state index in [4.69, 9.17) is 9.79 Å². The summed E-state index contributed by atoms with van der Waals surface area (Å²) in [6, 6.07) is 2.10. The van der Waals surface area contributed by atoms with Gasteiger partial charge in [-0.15, -0.1) is 5.16 Å². The fourth-order valence-electron chi connectivity index (χ4n) is 0.689. The summed E-state index contributed by atoms with van der Waals surface area (Å²) in [6.45, 7) is 8.31. The Morgan fingerprint density at radius 1 is 1.46 bits per heavy atom. The molecule has 0 unspecified atom stereocenters. The van der Waals surface area contributed by atoms with Gasteiger partial charge in [0.15, 0.2) is 0 Å². The van der Waals surface area contributed by atoms with Crippen LogP contribution in [0.3, 0.4) is 0 Å². The van der Waals surface area contributed by atoms with E-state index in [-0.39, 0.29) is 0 Å². The molecular formula is C9H18N2OSi. The van der Waals surface area contributed by atoms with Crippen LogP contribution in [0.15, 0.2) is 5.16 Å². The third kappa shape index (κ3) is 7.53. The zero-order valence-corrected chi connectivity index (χ0v) is 9.92. The van der Waals surface area contributed by atoms with Crippen molar-refractivity contribution in [3.8, 4) is 6.07 Å². The molecule has 0 N–H and O–H groups in total. The highest BCUT2D eigenvalue weighted by Gasteiger charge is 2.15. The van der Waals surface area contributed by atoms with Gasteiger partial charge >= 0.3 is 0 Å². The summed E-state index contributed by atoms with van der Waals surface area (Å²) in [6.07, 6.45) is 2.13. The van der Waals surface area contributed by atoms with E-state index in [2.05, 4.69) is 30.9 Å². The average molecular weight is 198 g/mol. The highest BCUT2D eigenvalue weighted by Crippen LogP contribution is 2.05. The van der Waals surface area contributed by atoms with E-state index in [1.54, 1.807) is 0 Å². The zero-order valence-electron chi connectivity index (χ0n) is 8.92. The first-order valence-electron chi connectivity index (χ1n) is 4.60. The lowest BCUT2D eigenvalue weighted by Gasteiger charge is -2.14. The molecule has 0 radical (unpaired) electrons. The quantitative estimate of drug-likeness (QED) is 0.387. The molecule has 0 rings (SSSR count). The van der Waals surface area contributed by atoms with Gasteiger partial charge in [0.05, 0.1) is 11.8 Å². The van der Waals surface area contributed by atoms with Gasteiger partial charge < -0.3 is 4.53 Å². The van der Waals surface area contributed by atoms with Gasteiger partial charge in [0.25, 0.3) is 8.32 Å². The molecule has 3 nitrogen and oxygen atoms in total. The van der Waals surface area contributed by atoms with E-state index in [0.29, 0.717) is 6.42 Å². The van der Waals surface area contributed by atoms with Crippen LogP contribution >= 0.6 is 0 Å². The van der Waals surface area contributed by atoms with Gasteiger partial charge in [0.2, 0.25) is 0 Å². The summed E-state index contributed by atoms with van der Waals surface area (Å²) in [4.78, 5) is 0. The molecule has 0 aliphatic heterocycles. The molecule has 0 aliphatic rings. The number of oxime groups is 1. The molecule has 0 aromatic carbocycles. The van der Waals surface area contributed by atoms with Gasteiger partial charge in [0, 0.05) is 12.8 Å². The van der Waals surface area contributed by atoms with Crippen LogP contribution in [0.25, 0.3) is 0 Å². The average Bonchev–Trinajstić information content (AvgIpc) is 2.03. The Bertz CT molecular complexity index is 213. The minimum atomic E-state index is -1.55. The van der Waals surface area contributed by atoms with E-state index in [1.165, 1.54) is 0 Å². The minimum absolute atomic E-state index is 0.529. The molecule has 0 spiro atoms. The summed E-state index contributed by atoms with van der Waals surface area (Å²) in [7, 11) is -1.55. The molecule has 74 valence electrons. The van der Waals surface area contributed by atoms with Crippen LogP contribution in [0, 0.1) is 11.3 Å². The second-order valence-electron chi connectivity index (χ2n) is 3.87. The van der Waals surface area contributed by atoms with Crippen LogP contribution in [0.5, 0.6) is 0 Å². The summed E-state index contributed by atoms with van der Waals surface area (Å²) >= 11 is 0. The maximum atomic E-state index is 8.40. The van der Waals surface area contributed by atoms with Gasteiger partial charge in [-0.2, -0.15) is 5.26 Å². The molecule has 0 aromatic heterocycles. The topological polar surface area (TPSA) is 45.4 Å². The molecule has 0 bridgehead atoms. The molecule has 13 heavy (non-hydrogen) atoms. The fraction of sp³-hybridized carbons (Fsp3) is 0.778.